The third kappa shape index (κ3) is 3.06. The van der Waals surface area contributed by atoms with E-state index in [0.717, 1.165) is 13.0 Å². The maximum absolute atomic E-state index is 12.2. The van der Waals surface area contributed by atoms with Gasteiger partial charge in [0.15, 0.2) is 0 Å². The van der Waals surface area contributed by atoms with E-state index < -0.39 is 0 Å². The van der Waals surface area contributed by atoms with E-state index in [0.29, 0.717) is 22.4 Å². The van der Waals surface area contributed by atoms with Crippen LogP contribution in [-0.2, 0) is 0 Å². The van der Waals surface area contributed by atoms with Gasteiger partial charge in [0.05, 0.1) is 12.8 Å². The van der Waals surface area contributed by atoms with Gasteiger partial charge in [-0.05, 0) is 42.9 Å². The molecule has 2 rings (SSSR count). The summed E-state index contributed by atoms with van der Waals surface area (Å²) >= 11 is 0. The fourth-order valence-electron chi connectivity index (χ4n) is 3.00. The highest BCUT2D eigenvalue weighted by atomic mass is 16.5. The van der Waals surface area contributed by atoms with Gasteiger partial charge in [0.2, 0.25) is 0 Å². The molecule has 0 radical (unpaired) electrons. The Kier molecular flexibility index (Phi) is 4.53. The summed E-state index contributed by atoms with van der Waals surface area (Å²) in [4.78, 5) is 12.2. The molecule has 110 valence electrons. The van der Waals surface area contributed by atoms with Gasteiger partial charge in [-0.2, -0.15) is 0 Å². The molecule has 0 aliphatic heterocycles. The molecule has 1 aliphatic rings. The molecule has 1 fully saturated rings. The molecule has 0 saturated heterocycles. The number of rotatable bonds is 5. The zero-order chi connectivity index (χ0) is 14.6. The highest BCUT2D eigenvalue weighted by Gasteiger charge is 2.32. The monoisotopic (exact) mass is 276 g/mol. The third-order valence-corrected chi connectivity index (χ3v) is 4.53. The standard InChI is InChI=1S/C16H24N2O2/c1-3-16(8-4-5-9-16)11-18-15(19)12-6-7-13(17)14(10-12)20-2/h6-7,10H,3-5,8-9,11,17H2,1-2H3,(H,18,19). The lowest BCUT2D eigenvalue weighted by molar-refractivity contribution is 0.0928. The van der Waals surface area contributed by atoms with Crippen LogP contribution in [0.25, 0.3) is 0 Å². The molecule has 3 N–H and O–H groups in total. The van der Waals surface area contributed by atoms with Gasteiger partial charge in [0, 0.05) is 12.1 Å². The lowest BCUT2D eigenvalue weighted by Gasteiger charge is -2.27. The molecule has 0 atom stereocenters. The van der Waals surface area contributed by atoms with Gasteiger partial charge in [0.25, 0.3) is 5.91 Å². The Labute approximate surface area is 120 Å². The first-order chi connectivity index (χ1) is 9.60. The molecule has 1 saturated carbocycles. The van der Waals surface area contributed by atoms with Crippen molar-refractivity contribution in [2.45, 2.75) is 39.0 Å². The summed E-state index contributed by atoms with van der Waals surface area (Å²) in [5.74, 6) is 0.492. The zero-order valence-corrected chi connectivity index (χ0v) is 12.4. The van der Waals surface area contributed by atoms with Crippen LogP contribution in [0, 0.1) is 5.41 Å². The molecule has 0 heterocycles. The minimum atomic E-state index is -0.0528. The third-order valence-electron chi connectivity index (χ3n) is 4.53. The minimum Gasteiger partial charge on any atom is -0.495 e. The van der Waals surface area contributed by atoms with Crippen molar-refractivity contribution < 1.29 is 9.53 Å². The molecule has 4 nitrogen and oxygen atoms in total. The topological polar surface area (TPSA) is 64.4 Å². The Hall–Kier alpha value is -1.71. The zero-order valence-electron chi connectivity index (χ0n) is 12.4. The first kappa shape index (κ1) is 14.7. The molecule has 0 bridgehead atoms. The molecular formula is C16H24N2O2. The number of carbonyl (C=O) groups is 1. The lowest BCUT2D eigenvalue weighted by atomic mass is 9.83. The van der Waals surface area contributed by atoms with Crippen molar-refractivity contribution in [3.8, 4) is 5.75 Å². The molecule has 1 aromatic carbocycles. The first-order valence-corrected chi connectivity index (χ1v) is 7.32. The van der Waals surface area contributed by atoms with Crippen LogP contribution in [0.2, 0.25) is 0 Å². The maximum Gasteiger partial charge on any atom is 0.251 e. The van der Waals surface area contributed by atoms with Crippen molar-refractivity contribution >= 4 is 11.6 Å². The number of carbonyl (C=O) groups excluding carboxylic acids is 1. The summed E-state index contributed by atoms with van der Waals surface area (Å²) in [6, 6.07) is 5.14. The minimum absolute atomic E-state index is 0.0528. The average Bonchev–Trinajstić information content (AvgIpc) is 2.95. The first-order valence-electron chi connectivity index (χ1n) is 7.32. The van der Waals surface area contributed by atoms with Crippen molar-refractivity contribution in [3.05, 3.63) is 23.8 Å². The fourth-order valence-corrected chi connectivity index (χ4v) is 3.00. The van der Waals surface area contributed by atoms with Crippen LogP contribution >= 0.6 is 0 Å². The van der Waals surface area contributed by atoms with Crippen molar-refractivity contribution in [1.29, 1.82) is 0 Å². The van der Waals surface area contributed by atoms with E-state index in [2.05, 4.69) is 12.2 Å². The number of hydrogen-bond acceptors (Lipinski definition) is 3. The summed E-state index contributed by atoms with van der Waals surface area (Å²) < 4.78 is 5.15. The molecule has 0 spiro atoms. The van der Waals surface area contributed by atoms with Crippen LogP contribution in [0.3, 0.4) is 0 Å². The number of methoxy groups -OCH3 is 1. The van der Waals surface area contributed by atoms with E-state index >= 15 is 0 Å². The lowest BCUT2D eigenvalue weighted by Crippen LogP contribution is -2.35. The number of nitrogens with one attached hydrogen (secondary N) is 1. The average molecular weight is 276 g/mol. The van der Waals surface area contributed by atoms with Crippen LogP contribution < -0.4 is 15.8 Å². The van der Waals surface area contributed by atoms with Crippen LogP contribution in [0.1, 0.15) is 49.4 Å². The summed E-state index contributed by atoms with van der Waals surface area (Å²) in [5.41, 5.74) is 7.20. The van der Waals surface area contributed by atoms with Gasteiger partial charge in [0.1, 0.15) is 5.75 Å². The second kappa shape index (κ2) is 6.16. The predicted octanol–water partition coefficient (Wildman–Crippen LogP) is 2.98. The fraction of sp³-hybridized carbons (Fsp3) is 0.562. The molecule has 0 unspecified atom stereocenters. The summed E-state index contributed by atoms with van der Waals surface area (Å²) in [6.45, 7) is 2.97. The summed E-state index contributed by atoms with van der Waals surface area (Å²) in [5, 5.41) is 3.07. The van der Waals surface area contributed by atoms with Gasteiger partial charge < -0.3 is 15.8 Å². The second-order valence-corrected chi connectivity index (χ2v) is 5.70. The molecule has 1 aliphatic carbocycles. The predicted molar refractivity (Wildman–Crippen MR) is 80.9 cm³/mol. The van der Waals surface area contributed by atoms with Crippen molar-refractivity contribution in [3.63, 3.8) is 0 Å². The number of benzene rings is 1. The van der Waals surface area contributed by atoms with Crippen molar-refractivity contribution in [1.82, 2.24) is 5.32 Å². The highest BCUT2D eigenvalue weighted by molar-refractivity contribution is 5.95. The Balaban J connectivity index is 2.01. The smallest absolute Gasteiger partial charge is 0.251 e. The van der Waals surface area contributed by atoms with Gasteiger partial charge in [-0.15, -0.1) is 0 Å². The van der Waals surface area contributed by atoms with E-state index in [4.69, 9.17) is 10.5 Å². The summed E-state index contributed by atoms with van der Waals surface area (Å²) in [7, 11) is 1.55. The van der Waals surface area contributed by atoms with E-state index in [9.17, 15) is 4.79 Å². The Morgan fingerprint density at radius 3 is 2.70 bits per heavy atom. The molecular weight excluding hydrogens is 252 g/mol. The molecule has 0 aromatic heterocycles. The number of nitrogens with two attached hydrogens (primary N) is 1. The van der Waals surface area contributed by atoms with Crippen molar-refractivity contribution in [2.24, 2.45) is 5.41 Å². The number of nitrogen functional groups attached to an aromatic ring is 1. The number of ether oxygens (including phenoxy) is 1. The van der Waals surface area contributed by atoms with Crippen LogP contribution in [0.5, 0.6) is 5.75 Å². The number of anilines is 1. The van der Waals surface area contributed by atoms with Crippen LogP contribution in [0.15, 0.2) is 18.2 Å². The largest absolute Gasteiger partial charge is 0.495 e. The Morgan fingerprint density at radius 1 is 1.40 bits per heavy atom. The van der Waals surface area contributed by atoms with E-state index in [-0.39, 0.29) is 5.91 Å². The normalized spacial score (nSPS) is 16.9. The Morgan fingerprint density at radius 2 is 2.10 bits per heavy atom. The molecule has 20 heavy (non-hydrogen) atoms. The second-order valence-electron chi connectivity index (χ2n) is 5.70. The maximum atomic E-state index is 12.2. The number of amides is 1. The molecule has 4 heteroatoms. The van der Waals surface area contributed by atoms with Crippen LogP contribution in [0.4, 0.5) is 5.69 Å². The van der Waals surface area contributed by atoms with E-state index in [1.54, 1.807) is 25.3 Å². The van der Waals surface area contributed by atoms with Crippen molar-refractivity contribution in [2.75, 3.05) is 19.4 Å². The van der Waals surface area contributed by atoms with Gasteiger partial charge in [-0.3, -0.25) is 4.79 Å². The van der Waals surface area contributed by atoms with E-state index in [1.165, 1.54) is 25.7 Å². The quantitative estimate of drug-likeness (QED) is 0.813. The van der Waals surface area contributed by atoms with Gasteiger partial charge in [-0.1, -0.05) is 19.8 Å². The SMILES string of the molecule is CCC1(CNC(=O)c2ccc(N)c(OC)c2)CCCC1. The summed E-state index contributed by atoms with van der Waals surface area (Å²) in [6.07, 6.45) is 6.11. The highest BCUT2D eigenvalue weighted by Crippen LogP contribution is 2.40. The number of hydrogen-bond donors (Lipinski definition) is 2. The van der Waals surface area contributed by atoms with E-state index in [1.807, 2.05) is 0 Å². The van der Waals surface area contributed by atoms with Gasteiger partial charge >= 0.3 is 0 Å². The van der Waals surface area contributed by atoms with Crippen LogP contribution in [-0.4, -0.2) is 19.6 Å². The molecule has 1 aromatic rings. The molecule has 1 amide bonds. The Bertz CT molecular complexity index is 479. The van der Waals surface area contributed by atoms with Gasteiger partial charge in [-0.25, -0.2) is 0 Å².